The van der Waals surface area contributed by atoms with Gasteiger partial charge in [0.2, 0.25) is 0 Å². The lowest BCUT2D eigenvalue weighted by atomic mass is 10.1. The summed E-state index contributed by atoms with van der Waals surface area (Å²) in [5, 5.41) is 11.1. The number of rotatable bonds is 3. The van der Waals surface area contributed by atoms with E-state index in [0.29, 0.717) is 0 Å². The Labute approximate surface area is 99.6 Å². The highest BCUT2D eigenvalue weighted by molar-refractivity contribution is 7.11. The number of aryl methyl sites for hydroxylation is 2. The van der Waals surface area contributed by atoms with Crippen LogP contribution in [0.15, 0.2) is 30.5 Å². The molecule has 0 aliphatic carbocycles. The fourth-order valence-electron chi connectivity index (χ4n) is 1.60. The van der Waals surface area contributed by atoms with Gasteiger partial charge in [0, 0.05) is 6.20 Å². The molecule has 2 nitrogen and oxygen atoms in total. The first-order valence-electron chi connectivity index (χ1n) is 5.40. The lowest BCUT2D eigenvalue weighted by Gasteiger charge is -2.08. The number of aliphatic hydroxyl groups excluding tert-OH is 1. The van der Waals surface area contributed by atoms with E-state index < -0.39 is 6.10 Å². The molecular formula is C13H15NOS. The van der Waals surface area contributed by atoms with Crippen LogP contribution in [-0.2, 0) is 6.42 Å². The molecule has 84 valence electrons. The molecule has 0 fully saturated rings. The van der Waals surface area contributed by atoms with Crippen LogP contribution in [-0.4, -0.2) is 10.1 Å². The number of nitrogens with zero attached hydrogens (tertiary/aromatic N) is 1. The average Bonchev–Trinajstić information content (AvgIpc) is 2.75. The van der Waals surface area contributed by atoms with Crippen LogP contribution in [0.5, 0.6) is 0 Å². The Hall–Kier alpha value is -1.19. The van der Waals surface area contributed by atoms with Gasteiger partial charge in [-0.2, -0.15) is 0 Å². The molecule has 1 aromatic heterocycles. The van der Waals surface area contributed by atoms with Gasteiger partial charge in [0.1, 0.15) is 6.10 Å². The summed E-state index contributed by atoms with van der Waals surface area (Å²) in [6.07, 6.45) is 2.23. The Morgan fingerprint density at radius 1 is 1.31 bits per heavy atom. The predicted octanol–water partition coefficient (Wildman–Crippen LogP) is 3.10. The first-order chi connectivity index (χ1) is 7.70. The van der Waals surface area contributed by atoms with Crippen molar-refractivity contribution >= 4 is 11.3 Å². The molecule has 3 heteroatoms. The van der Waals surface area contributed by atoms with Gasteiger partial charge in [-0.1, -0.05) is 31.2 Å². The minimum Gasteiger partial charge on any atom is -0.383 e. The standard InChI is InChI=1S/C13H15NOS/c1-3-10-4-6-11(7-5-10)13(15)12-8-14-9(2)16-12/h4-8,13,15H,3H2,1-2H3. The van der Waals surface area contributed by atoms with E-state index in [9.17, 15) is 5.11 Å². The number of aliphatic hydroxyl groups is 1. The summed E-state index contributed by atoms with van der Waals surface area (Å²) in [6, 6.07) is 8.09. The molecule has 0 aliphatic rings. The van der Waals surface area contributed by atoms with E-state index in [4.69, 9.17) is 0 Å². The van der Waals surface area contributed by atoms with Crippen molar-refractivity contribution in [3.05, 3.63) is 51.5 Å². The van der Waals surface area contributed by atoms with Crippen molar-refractivity contribution in [1.82, 2.24) is 4.98 Å². The van der Waals surface area contributed by atoms with Crippen LogP contribution in [0.25, 0.3) is 0 Å². The van der Waals surface area contributed by atoms with Gasteiger partial charge < -0.3 is 5.11 Å². The lowest BCUT2D eigenvalue weighted by Crippen LogP contribution is -1.97. The Bertz CT molecular complexity index is 461. The maximum atomic E-state index is 10.1. The predicted molar refractivity (Wildman–Crippen MR) is 66.7 cm³/mol. The van der Waals surface area contributed by atoms with E-state index in [1.54, 1.807) is 6.20 Å². The van der Waals surface area contributed by atoms with Gasteiger partial charge in [0.25, 0.3) is 0 Å². The van der Waals surface area contributed by atoms with Crippen molar-refractivity contribution in [2.24, 2.45) is 0 Å². The van der Waals surface area contributed by atoms with E-state index in [2.05, 4.69) is 24.0 Å². The Balaban J connectivity index is 2.23. The number of aromatic nitrogens is 1. The zero-order valence-electron chi connectivity index (χ0n) is 9.47. The largest absolute Gasteiger partial charge is 0.383 e. The first kappa shape index (κ1) is 11.3. The van der Waals surface area contributed by atoms with E-state index in [1.165, 1.54) is 16.9 Å². The molecule has 2 rings (SSSR count). The number of hydrogen-bond donors (Lipinski definition) is 1. The molecule has 0 radical (unpaired) electrons. The third-order valence-corrected chi connectivity index (χ3v) is 3.58. The number of hydrogen-bond acceptors (Lipinski definition) is 3. The van der Waals surface area contributed by atoms with E-state index in [1.807, 2.05) is 19.1 Å². The maximum absolute atomic E-state index is 10.1. The molecule has 0 aliphatic heterocycles. The summed E-state index contributed by atoms with van der Waals surface area (Å²) in [4.78, 5) is 5.06. The van der Waals surface area contributed by atoms with Crippen LogP contribution in [0.4, 0.5) is 0 Å². The highest BCUT2D eigenvalue weighted by Gasteiger charge is 2.12. The second kappa shape index (κ2) is 4.76. The molecule has 1 aromatic carbocycles. The third kappa shape index (κ3) is 2.31. The highest BCUT2D eigenvalue weighted by atomic mass is 32.1. The van der Waals surface area contributed by atoms with E-state index >= 15 is 0 Å². The maximum Gasteiger partial charge on any atom is 0.115 e. The molecular weight excluding hydrogens is 218 g/mol. The van der Waals surface area contributed by atoms with E-state index in [0.717, 1.165) is 21.9 Å². The zero-order valence-corrected chi connectivity index (χ0v) is 10.3. The minimum atomic E-state index is -0.544. The smallest absolute Gasteiger partial charge is 0.115 e. The molecule has 0 spiro atoms. The molecule has 0 saturated carbocycles. The van der Waals surface area contributed by atoms with Gasteiger partial charge in [-0.15, -0.1) is 11.3 Å². The molecule has 1 atom stereocenters. The van der Waals surface area contributed by atoms with Crippen molar-refractivity contribution < 1.29 is 5.11 Å². The lowest BCUT2D eigenvalue weighted by molar-refractivity contribution is 0.224. The number of benzene rings is 1. The third-order valence-electron chi connectivity index (χ3n) is 2.61. The molecule has 0 bridgehead atoms. The molecule has 16 heavy (non-hydrogen) atoms. The second-order valence-electron chi connectivity index (χ2n) is 3.78. The number of thiazole rings is 1. The normalized spacial score (nSPS) is 12.7. The van der Waals surface area contributed by atoms with Crippen LogP contribution in [0.2, 0.25) is 0 Å². The summed E-state index contributed by atoms with van der Waals surface area (Å²) < 4.78 is 0. The van der Waals surface area contributed by atoms with Gasteiger partial charge in [0.05, 0.1) is 9.88 Å². The molecule has 0 amide bonds. The summed E-state index contributed by atoms with van der Waals surface area (Å²) >= 11 is 1.54. The zero-order chi connectivity index (χ0) is 11.5. The average molecular weight is 233 g/mol. The van der Waals surface area contributed by atoms with Gasteiger partial charge in [0.15, 0.2) is 0 Å². The SMILES string of the molecule is CCc1ccc(C(O)c2cnc(C)s2)cc1. The molecule has 1 unspecified atom stereocenters. The monoisotopic (exact) mass is 233 g/mol. The summed E-state index contributed by atoms with van der Waals surface area (Å²) in [5.41, 5.74) is 2.22. The van der Waals surface area contributed by atoms with Crippen molar-refractivity contribution in [1.29, 1.82) is 0 Å². The van der Waals surface area contributed by atoms with Gasteiger partial charge in [-0.05, 0) is 24.5 Å². The highest BCUT2D eigenvalue weighted by Crippen LogP contribution is 2.26. The fourth-order valence-corrected chi connectivity index (χ4v) is 2.40. The van der Waals surface area contributed by atoms with Gasteiger partial charge in [-0.3, -0.25) is 0 Å². The summed E-state index contributed by atoms with van der Waals surface area (Å²) in [5.74, 6) is 0. The van der Waals surface area contributed by atoms with Crippen LogP contribution in [0.3, 0.4) is 0 Å². The van der Waals surface area contributed by atoms with Gasteiger partial charge in [-0.25, -0.2) is 4.98 Å². The van der Waals surface area contributed by atoms with Crippen molar-refractivity contribution in [3.63, 3.8) is 0 Å². The Morgan fingerprint density at radius 2 is 2.00 bits per heavy atom. The second-order valence-corrected chi connectivity index (χ2v) is 5.05. The fraction of sp³-hybridized carbons (Fsp3) is 0.308. The van der Waals surface area contributed by atoms with Crippen LogP contribution in [0.1, 0.15) is 34.0 Å². The minimum absolute atomic E-state index is 0.544. The quantitative estimate of drug-likeness (QED) is 0.883. The Morgan fingerprint density at radius 3 is 2.50 bits per heavy atom. The van der Waals surface area contributed by atoms with Crippen molar-refractivity contribution in [2.45, 2.75) is 26.4 Å². The Kier molecular flexibility index (Phi) is 3.36. The van der Waals surface area contributed by atoms with Crippen LogP contribution >= 0.6 is 11.3 Å². The van der Waals surface area contributed by atoms with Crippen LogP contribution < -0.4 is 0 Å². The van der Waals surface area contributed by atoms with Crippen LogP contribution in [0, 0.1) is 6.92 Å². The summed E-state index contributed by atoms with van der Waals surface area (Å²) in [7, 11) is 0. The molecule has 2 aromatic rings. The summed E-state index contributed by atoms with van der Waals surface area (Å²) in [6.45, 7) is 4.07. The van der Waals surface area contributed by atoms with E-state index in [-0.39, 0.29) is 0 Å². The van der Waals surface area contributed by atoms with Crippen molar-refractivity contribution in [2.75, 3.05) is 0 Å². The topological polar surface area (TPSA) is 33.1 Å². The molecule has 1 heterocycles. The van der Waals surface area contributed by atoms with Crippen molar-refractivity contribution in [3.8, 4) is 0 Å². The molecule has 0 saturated heterocycles. The molecule has 1 N–H and O–H groups in total. The van der Waals surface area contributed by atoms with Gasteiger partial charge >= 0.3 is 0 Å². The first-order valence-corrected chi connectivity index (χ1v) is 6.21.